The highest BCUT2D eigenvalue weighted by Crippen LogP contribution is 2.30. The molecule has 25 heavy (non-hydrogen) atoms. The van der Waals surface area contributed by atoms with Crippen LogP contribution in [-0.2, 0) is 11.4 Å². The van der Waals surface area contributed by atoms with Gasteiger partial charge in [0.25, 0.3) is 5.91 Å². The zero-order chi connectivity index (χ0) is 17.7. The molecule has 0 bridgehead atoms. The third-order valence-electron chi connectivity index (χ3n) is 4.58. The fourth-order valence-electron chi connectivity index (χ4n) is 3.10. The molecule has 130 valence electrons. The molecule has 1 fully saturated rings. The lowest BCUT2D eigenvalue weighted by molar-refractivity contribution is -0.144. The van der Waals surface area contributed by atoms with Gasteiger partial charge in [-0.1, -0.05) is 43.2 Å². The molecular weight excluding hydrogens is 318 g/mol. The van der Waals surface area contributed by atoms with Gasteiger partial charge in [-0.05, 0) is 42.7 Å². The van der Waals surface area contributed by atoms with E-state index in [-0.39, 0.29) is 5.91 Å². The summed E-state index contributed by atoms with van der Waals surface area (Å²) in [7, 11) is 0. The Hall–Kier alpha value is -2.82. The number of nitrogens with one attached hydrogen (secondary N) is 1. The van der Waals surface area contributed by atoms with Gasteiger partial charge < -0.3 is 15.2 Å². The van der Waals surface area contributed by atoms with Crippen LogP contribution in [0, 0.1) is 0 Å². The normalized spacial score (nSPS) is 15.5. The summed E-state index contributed by atoms with van der Waals surface area (Å²) in [4.78, 5) is 23.9. The van der Waals surface area contributed by atoms with E-state index in [1.807, 2.05) is 30.3 Å². The average molecular weight is 339 g/mol. The van der Waals surface area contributed by atoms with E-state index in [0.717, 1.165) is 18.4 Å². The summed E-state index contributed by atoms with van der Waals surface area (Å²) in [5, 5.41) is 12.2. The van der Waals surface area contributed by atoms with Gasteiger partial charge in [0.15, 0.2) is 0 Å². The Morgan fingerprint density at radius 3 is 2.24 bits per heavy atom. The van der Waals surface area contributed by atoms with Crippen LogP contribution in [0.5, 0.6) is 5.75 Å². The van der Waals surface area contributed by atoms with Crippen molar-refractivity contribution >= 4 is 11.9 Å². The number of carbonyl (C=O) groups excluding carboxylic acids is 1. The second-order valence-electron chi connectivity index (χ2n) is 6.35. The predicted octanol–water partition coefficient (Wildman–Crippen LogP) is 3.39. The molecule has 1 amide bonds. The summed E-state index contributed by atoms with van der Waals surface area (Å²) >= 11 is 0. The lowest BCUT2D eigenvalue weighted by Gasteiger charge is -2.25. The molecule has 1 saturated carbocycles. The molecule has 2 aromatic rings. The smallest absolute Gasteiger partial charge is 0.329 e. The lowest BCUT2D eigenvalue weighted by Crippen LogP contribution is -2.52. The standard InChI is InChI=1S/C20H21NO4/c22-18(21-20(19(23)24)12-4-5-13-20)16-8-10-17(11-9-16)25-14-15-6-2-1-3-7-15/h1-3,6-11H,4-5,12-14H2,(H,21,22)(H,23,24). The number of carbonyl (C=O) groups is 2. The fourth-order valence-corrected chi connectivity index (χ4v) is 3.10. The summed E-state index contributed by atoms with van der Waals surface area (Å²) in [6.45, 7) is 0.453. The van der Waals surface area contributed by atoms with Crippen LogP contribution >= 0.6 is 0 Å². The number of hydrogen-bond donors (Lipinski definition) is 2. The highest BCUT2D eigenvalue weighted by atomic mass is 16.5. The maximum absolute atomic E-state index is 12.4. The number of rotatable bonds is 6. The van der Waals surface area contributed by atoms with Crippen molar-refractivity contribution in [1.29, 1.82) is 0 Å². The van der Waals surface area contributed by atoms with Crippen LogP contribution in [0.1, 0.15) is 41.6 Å². The van der Waals surface area contributed by atoms with Gasteiger partial charge in [0.1, 0.15) is 17.9 Å². The van der Waals surface area contributed by atoms with Crippen LogP contribution in [0.4, 0.5) is 0 Å². The Morgan fingerprint density at radius 1 is 1.00 bits per heavy atom. The second kappa shape index (κ2) is 7.38. The molecule has 5 nitrogen and oxygen atoms in total. The highest BCUT2D eigenvalue weighted by molar-refractivity contribution is 5.98. The van der Waals surface area contributed by atoms with Crippen LogP contribution in [0.2, 0.25) is 0 Å². The molecule has 2 aromatic carbocycles. The summed E-state index contributed by atoms with van der Waals surface area (Å²) in [6.07, 6.45) is 2.59. The Balaban J connectivity index is 1.61. The van der Waals surface area contributed by atoms with Crippen molar-refractivity contribution in [3.8, 4) is 5.75 Å². The van der Waals surface area contributed by atoms with Crippen molar-refractivity contribution in [1.82, 2.24) is 5.32 Å². The number of carboxylic acid groups (broad SMARTS) is 1. The van der Waals surface area contributed by atoms with E-state index in [4.69, 9.17) is 4.74 Å². The first-order chi connectivity index (χ1) is 12.1. The molecule has 3 rings (SSSR count). The summed E-state index contributed by atoms with van der Waals surface area (Å²) in [5.74, 6) is -0.658. The van der Waals surface area contributed by atoms with Crippen LogP contribution in [0.3, 0.4) is 0 Å². The Bertz CT molecular complexity index is 734. The first kappa shape index (κ1) is 17.0. The van der Waals surface area contributed by atoms with E-state index in [1.165, 1.54) is 0 Å². The lowest BCUT2D eigenvalue weighted by atomic mass is 9.97. The van der Waals surface area contributed by atoms with Gasteiger partial charge >= 0.3 is 5.97 Å². The van der Waals surface area contributed by atoms with Gasteiger partial charge in [0.2, 0.25) is 0 Å². The Morgan fingerprint density at radius 2 is 1.64 bits per heavy atom. The maximum Gasteiger partial charge on any atom is 0.329 e. The first-order valence-electron chi connectivity index (χ1n) is 8.42. The largest absolute Gasteiger partial charge is 0.489 e. The molecule has 0 atom stereocenters. The van der Waals surface area contributed by atoms with Gasteiger partial charge in [0.05, 0.1) is 0 Å². The van der Waals surface area contributed by atoms with Gasteiger partial charge in [0, 0.05) is 5.56 Å². The molecule has 0 spiro atoms. The van der Waals surface area contributed by atoms with Gasteiger partial charge in [-0.3, -0.25) is 4.79 Å². The van der Waals surface area contributed by atoms with Crippen LogP contribution in [-0.4, -0.2) is 22.5 Å². The molecular formula is C20H21NO4. The number of hydrogen-bond acceptors (Lipinski definition) is 3. The van der Waals surface area contributed by atoms with Crippen molar-refractivity contribution in [3.05, 3.63) is 65.7 Å². The van der Waals surface area contributed by atoms with E-state index in [0.29, 0.717) is 30.8 Å². The number of amides is 1. The number of carboxylic acids is 1. The summed E-state index contributed by atoms with van der Waals surface area (Å²) in [6, 6.07) is 16.6. The van der Waals surface area contributed by atoms with Crippen LogP contribution < -0.4 is 10.1 Å². The number of aliphatic carboxylic acids is 1. The minimum absolute atomic E-state index is 0.362. The molecule has 0 saturated heterocycles. The van der Waals surface area contributed by atoms with Crippen molar-refractivity contribution in [2.24, 2.45) is 0 Å². The molecule has 1 aliphatic carbocycles. The van der Waals surface area contributed by atoms with E-state index >= 15 is 0 Å². The Kier molecular flexibility index (Phi) is 5.03. The molecule has 0 aliphatic heterocycles. The topological polar surface area (TPSA) is 75.6 Å². The third kappa shape index (κ3) is 3.99. The zero-order valence-corrected chi connectivity index (χ0v) is 13.9. The molecule has 2 N–H and O–H groups in total. The molecule has 0 aromatic heterocycles. The van der Waals surface area contributed by atoms with Crippen molar-refractivity contribution in [2.75, 3.05) is 0 Å². The molecule has 0 unspecified atom stereocenters. The fraction of sp³-hybridized carbons (Fsp3) is 0.300. The summed E-state index contributed by atoms with van der Waals surface area (Å²) < 4.78 is 5.69. The van der Waals surface area contributed by atoms with E-state index in [2.05, 4.69) is 5.32 Å². The minimum atomic E-state index is -1.13. The van der Waals surface area contributed by atoms with E-state index < -0.39 is 11.5 Å². The molecule has 0 radical (unpaired) electrons. The van der Waals surface area contributed by atoms with E-state index in [1.54, 1.807) is 24.3 Å². The minimum Gasteiger partial charge on any atom is -0.489 e. The first-order valence-corrected chi connectivity index (χ1v) is 8.42. The number of benzene rings is 2. The number of ether oxygens (including phenoxy) is 1. The maximum atomic E-state index is 12.4. The van der Waals surface area contributed by atoms with Crippen molar-refractivity contribution in [2.45, 2.75) is 37.8 Å². The third-order valence-corrected chi connectivity index (χ3v) is 4.58. The van der Waals surface area contributed by atoms with Crippen molar-refractivity contribution in [3.63, 3.8) is 0 Å². The van der Waals surface area contributed by atoms with Gasteiger partial charge in [-0.15, -0.1) is 0 Å². The zero-order valence-electron chi connectivity index (χ0n) is 13.9. The van der Waals surface area contributed by atoms with Crippen LogP contribution in [0.15, 0.2) is 54.6 Å². The van der Waals surface area contributed by atoms with Crippen LogP contribution in [0.25, 0.3) is 0 Å². The summed E-state index contributed by atoms with van der Waals surface area (Å²) in [5.41, 5.74) is 0.369. The highest BCUT2D eigenvalue weighted by Gasteiger charge is 2.42. The Labute approximate surface area is 146 Å². The molecule has 1 aliphatic rings. The second-order valence-corrected chi connectivity index (χ2v) is 6.35. The van der Waals surface area contributed by atoms with Gasteiger partial charge in [-0.2, -0.15) is 0 Å². The molecule has 5 heteroatoms. The quantitative estimate of drug-likeness (QED) is 0.846. The average Bonchev–Trinajstić information content (AvgIpc) is 3.11. The SMILES string of the molecule is O=C(NC1(C(=O)O)CCCC1)c1ccc(OCc2ccccc2)cc1. The molecule has 0 heterocycles. The monoisotopic (exact) mass is 339 g/mol. The predicted molar refractivity (Wildman–Crippen MR) is 93.5 cm³/mol. The van der Waals surface area contributed by atoms with Gasteiger partial charge in [-0.25, -0.2) is 4.79 Å². The van der Waals surface area contributed by atoms with Crippen molar-refractivity contribution < 1.29 is 19.4 Å². The van der Waals surface area contributed by atoms with E-state index in [9.17, 15) is 14.7 Å².